The van der Waals surface area contributed by atoms with Gasteiger partial charge in [-0.15, -0.1) is 0 Å². The van der Waals surface area contributed by atoms with Crippen molar-refractivity contribution in [2.75, 3.05) is 13.7 Å². The minimum Gasteiger partial charge on any atom is -0.496 e. The molecule has 3 N–H and O–H groups in total. The van der Waals surface area contributed by atoms with Crippen molar-refractivity contribution in [1.82, 2.24) is 9.55 Å². The van der Waals surface area contributed by atoms with Crippen molar-refractivity contribution in [3.8, 4) is 11.4 Å². The normalized spacial score (nSPS) is 12.4. The van der Waals surface area contributed by atoms with E-state index in [0.717, 1.165) is 22.7 Å². The molecule has 5 nitrogen and oxygen atoms in total. The van der Waals surface area contributed by atoms with E-state index in [2.05, 4.69) is 4.98 Å². The van der Waals surface area contributed by atoms with E-state index >= 15 is 0 Å². The van der Waals surface area contributed by atoms with Crippen LogP contribution in [-0.2, 0) is 0 Å². The molecule has 1 aromatic carbocycles. The Hall–Kier alpha value is -1.85. The first-order valence-electron chi connectivity index (χ1n) is 5.71. The van der Waals surface area contributed by atoms with E-state index < -0.39 is 6.04 Å². The van der Waals surface area contributed by atoms with Gasteiger partial charge in [-0.25, -0.2) is 4.98 Å². The minimum absolute atomic E-state index is 0.110. The highest BCUT2D eigenvalue weighted by atomic mass is 16.5. The molecule has 0 amide bonds. The summed E-state index contributed by atoms with van der Waals surface area (Å²) >= 11 is 0. The topological polar surface area (TPSA) is 73.3 Å². The molecule has 0 fully saturated rings. The molecule has 0 aliphatic rings. The second-order valence-electron chi connectivity index (χ2n) is 4.13. The first-order chi connectivity index (χ1) is 8.67. The molecule has 0 radical (unpaired) electrons. The maximum absolute atomic E-state index is 9.13. The third kappa shape index (κ3) is 2.23. The molecule has 1 heterocycles. The lowest BCUT2D eigenvalue weighted by atomic mass is 10.2. The number of aliphatic hydroxyl groups excluding tert-OH is 1. The Morgan fingerprint density at radius 2 is 2.28 bits per heavy atom. The van der Waals surface area contributed by atoms with Gasteiger partial charge in [0.25, 0.3) is 0 Å². The van der Waals surface area contributed by atoms with Crippen molar-refractivity contribution in [1.29, 1.82) is 0 Å². The van der Waals surface area contributed by atoms with Crippen molar-refractivity contribution < 1.29 is 9.84 Å². The molecule has 1 aromatic heterocycles. The lowest BCUT2D eigenvalue weighted by molar-refractivity contribution is 0.265. The maximum Gasteiger partial charge on any atom is 0.121 e. The van der Waals surface area contributed by atoms with Crippen molar-refractivity contribution in [3.05, 3.63) is 42.0 Å². The van der Waals surface area contributed by atoms with Crippen LogP contribution in [0.4, 0.5) is 0 Å². The van der Waals surface area contributed by atoms with Gasteiger partial charge in [0.15, 0.2) is 0 Å². The summed E-state index contributed by atoms with van der Waals surface area (Å²) in [7, 11) is 1.65. The zero-order valence-electron chi connectivity index (χ0n) is 10.5. The fraction of sp³-hybridized carbons (Fsp3) is 0.308. The number of hydrogen-bond acceptors (Lipinski definition) is 4. The smallest absolute Gasteiger partial charge is 0.121 e. The van der Waals surface area contributed by atoms with Gasteiger partial charge >= 0.3 is 0 Å². The van der Waals surface area contributed by atoms with Crippen LogP contribution in [0.25, 0.3) is 5.69 Å². The van der Waals surface area contributed by atoms with Crippen LogP contribution in [0.3, 0.4) is 0 Å². The first-order valence-corrected chi connectivity index (χ1v) is 5.71. The molecule has 1 atom stereocenters. The lowest BCUT2D eigenvalue weighted by Crippen LogP contribution is -2.18. The zero-order valence-corrected chi connectivity index (χ0v) is 10.5. The molecule has 2 aromatic rings. The highest BCUT2D eigenvalue weighted by Crippen LogP contribution is 2.23. The average molecular weight is 247 g/mol. The molecule has 2 rings (SSSR count). The van der Waals surface area contributed by atoms with Gasteiger partial charge in [0, 0.05) is 5.69 Å². The zero-order chi connectivity index (χ0) is 13.1. The summed E-state index contributed by atoms with van der Waals surface area (Å²) in [5.41, 5.74) is 8.60. The number of aromatic nitrogens is 2. The van der Waals surface area contributed by atoms with E-state index in [1.807, 2.05) is 29.7 Å². The van der Waals surface area contributed by atoms with Crippen LogP contribution in [-0.4, -0.2) is 28.4 Å². The second kappa shape index (κ2) is 5.20. The van der Waals surface area contributed by atoms with Gasteiger partial charge in [0.05, 0.1) is 38.0 Å². The summed E-state index contributed by atoms with van der Waals surface area (Å²) in [6.07, 6.45) is 3.35. The lowest BCUT2D eigenvalue weighted by Gasteiger charge is -2.14. The minimum atomic E-state index is -0.435. The Labute approximate surface area is 106 Å². The van der Waals surface area contributed by atoms with Gasteiger partial charge in [-0.05, 0) is 30.7 Å². The van der Waals surface area contributed by atoms with E-state index in [9.17, 15) is 0 Å². The highest BCUT2D eigenvalue weighted by Gasteiger charge is 2.12. The molecular formula is C13H17N3O2. The van der Waals surface area contributed by atoms with Crippen LogP contribution in [0.5, 0.6) is 5.75 Å². The van der Waals surface area contributed by atoms with E-state index in [0.29, 0.717) is 0 Å². The number of aliphatic hydroxyl groups is 1. The summed E-state index contributed by atoms with van der Waals surface area (Å²) in [6, 6.07) is 5.39. The van der Waals surface area contributed by atoms with Crippen LogP contribution in [0, 0.1) is 6.92 Å². The number of nitrogens with two attached hydrogens (primary N) is 1. The highest BCUT2D eigenvalue weighted by molar-refractivity contribution is 5.44. The Kier molecular flexibility index (Phi) is 3.64. The van der Waals surface area contributed by atoms with Gasteiger partial charge in [-0.1, -0.05) is 0 Å². The molecule has 0 aliphatic heterocycles. The van der Waals surface area contributed by atoms with Crippen LogP contribution in [0.1, 0.15) is 17.3 Å². The van der Waals surface area contributed by atoms with Gasteiger partial charge in [0.1, 0.15) is 5.75 Å². The van der Waals surface area contributed by atoms with Crippen molar-refractivity contribution in [3.63, 3.8) is 0 Å². The molecule has 1 unspecified atom stereocenters. The van der Waals surface area contributed by atoms with Crippen LogP contribution < -0.4 is 10.5 Å². The largest absolute Gasteiger partial charge is 0.496 e. The molecular weight excluding hydrogens is 230 g/mol. The third-order valence-corrected chi connectivity index (χ3v) is 2.90. The fourth-order valence-electron chi connectivity index (χ4n) is 1.90. The summed E-state index contributed by atoms with van der Waals surface area (Å²) in [6.45, 7) is 1.87. The molecule has 0 saturated heterocycles. The number of imidazole rings is 1. The van der Waals surface area contributed by atoms with Crippen molar-refractivity contribution >= 4 is 0 Å². The SMILES string of the molecule is COc1ccc(-n2cncc2C(N)CO)cc1C. The molecule has 0 saturated carbocycles. The standard InChI is InChI=1S/C13H17N3O2/c1-9-5-10(3-4-13(9)18-2)16-8-15-6-12(16)11(14)7-17/h3-6,8,11,17H,7,14H2,1-2H3. The van der Waals surface area contributed by atoms with Crippen molar-refractivity contribution in [2.45, 2.75) is 13.0 Å². The van der Waals surface area contributed by atoms with Crippen molar-refractivity contribution in [2.24, 2.45) is 5.73 Å². The molecule has 18 heavy (non-hydrogen) atoms. The Bertz CT molecular complexity index is 537. The number of rotatable bonds is 4. The van der Waals surface area contributed by atoms with Gasteiger partial charge in [0.2, 0.25) is 0 Å². The number of methoxy groups -OCH3 is 1. The van der Waals surface area contributed by atoms with E-state index in [1.54, 1.807) is 19.6 Å². The average Bonchev–Trinajstić information content (AvgIpc) is 2.86. The van der Waals surface area contributed by atoms with Crippen LogP contribution >= 0.6 is 0 Å². The van der Waals surface area contributed by atoms with E-state index in [-0.39, 0.29) is 6.61 Å². The second-order valence-corrected chi connectivity index (χ2v) is 4.13. The maximum atomic E-state index is 9.13. The molecule has 0 aliphatic carbocycles. The molecule has 5 heteroatoms. The summed E-state index contributed by atoms with van der Waals surface area (Å²) in [5.74, 6) is 0.840. The fourth-order valence-corrected chi connectivity index (χ4v) is 1.90. The number of aryl methyl sites for hydroxylation is 1. The van der Waals surface area contributed by atoms with Crippen LogP contribution in [0.15, 0.2) is 30.7 Å². The van der Waals surface area contributed by atoms with Gasteiger partial charge in [-0.3, -0.25) is 0 Å². The molecule has 96 valence electrons. The number of hydrogen-bond donors (Lipinski definition) is 2. The quantitative estimate of drug-likeness (QED) is 0.851. The van der Waals surface area contributed by atoms with Crippen LogP contribution in [0.2, 0.25) is 0 Å². The van der Waals surface area contributed by atoms with Gasteiger partial charge in [-0.2, -0.15) is 0 Å². The third-order valence-electron chi connectivity index (χ3n) is 2.90. The number of ether oxygens (including phenoxy) is 1. The summed E-state index contributed by atoms with van der Waals surface area (Å²) < 4.78 is 7.09. The predicted octanol–water partition coefficient (Wildman–Crippen LogP) is 1.18. The monoisotopic (exact) mass is 247 g/mol. The molecule has 0 spiro atoms. The Balaban J connectivity index is 2.43. The van der Waals surface area contributed by atoms with Gasteiger partial charge < -0.3 is 20.1 Å². The molecule has 0 bridgehead atoms. The predicted molar refractivity (Wildman–Crippen MR) is 68.9 cm³/mol. The number of benzene rings is 1. The summed E-state index contributed by atoms with van der Waals surface area (Å²) in [4.78, 5) is 4.08. The Morgan fingerprint density at radius 3 is 2.89 bits per heavy atom. The Morgan fingerprint density at radius 1 is 1.50 bits per heavy atom. The number of nitrogens with zero attached hydrogens (tertiary/aromatic N) is 2. The van der Waals surface area contributed by atoms with E-state index in [4.69, 9.17) is 15.6 Å². The first kappa shape index (κ1) is 12.6. The van der Waals surface area contributed by atoms with E-state index in [1.165, 1.54) is 0 Å². The summed E-state index contributed by atoms with van der Waals surface area (Å²) in [5, 5.41) is 9.13.